The average Bonchev–Trinajstić information content (AvgIpc) is 2.62. The molecule has 0 fully saturated rings. The van der Waals surface area contributed by atoms with Crippen molar-refractivity contribution in [3.05, 3.63) is 59.7 Å². The lowest BCUT2D eigenvalue weighted by Crippen LogP contribution is -2.17. The number of methoxy groups -OCH3 is 1. The third-order valence-electron chi connectivity index (χ3n) is 3.23. The molecule has 24 heavy (non-hydrogen) atoms. The minimum absolute atomic E-state index is 0.0740. The number of carbonyl (C=O) groups is 2. The van der Waals surface area contributed by atoms with Crippen LogP contribution in [0.2, 0.25) is 0 Å². The van der Waals surface area contributed by atoms with E-state index in [1.807, 2.05) is 18.2 Å². The smallest absolute Gasteiger partial charge is 0.271 e. The maximum Gasteiger partial charge on any atom is 0.271 e. The monoisotopic (exact) mass is 325 g/mol. The van der Waals surface area contributed by atoms with Crippen LogP contribution in [0.25, 0.3) is 0 Å². The largest absolute Gasteiger partial charge is 0.497 e. The fourth-order valence-corrected chi connectivity index (χ4v) is 1.91. The highest BCUT2D eigenvalue weighted by Crippen LogP contribution is 2.11. The molecule has 0 aliphatic carbocycles. The predicted molar refractivity (Wildman–Crippen MR) is 93.4 cm³/mol. The molecule has 0 bridgehead atoms. The number of rotatable bonds is 6. The third-order valence-corrected chi connectivity index (χ3v) is 3.23. The van der Waals surface area contributed by atoms with E-state index in [1.54, 1.807) is 44.4 Å². The third kappa shape index (κ3) is 4.95. The van der Waals surface area contributed by atoms with Gasteiger partial charge in [-0.15, -0.1) is 0 Å². The second-order valence-electron chi connectivity index (χ2n) is 4.95. The van der Waals surface area contributed by atoms with Crippen LogP contribution in [0.15, 0.2) is 53.6 Å². The molecule has 0 aliphatic heterocycles. The minimum atomic E-state index is -0.331. The quantitative estimate of drug-likeness (QED) is 0.633. The number of nitrogens with zero attached hydrogens (tertiary/aromatic N) is 1. The summed E-state index contributed by atoms with van der Waals surface area (Å²) in [5.74, 6) is 0.313. The fraction of sp³-hybridized carbons (Fsp3) is 0.167. The minimum Gasteiger partial charge on any atom is -0.497 e. The normalized spacial score (nSPS) is 10.4. The molecular formula is C18H19N3O3. The number of nitrogens with one attached hydrogen (secondary N) is 2. The molecule has 0 saturated carbocycles. The fourth-order valence-electron chi connectivity index (χ4n) is 1.91. The van der Waals surface area contributed by atoms with Gasteiger partial charge in [0.2, 0.25) is 5.91 Å². The van der Waals surface area contributed by atoms with Crippen LogP contribution in [0.1, 0.15) is 29.3 Å². The van der Waals surface area contributed by atoms with Gasteiger partial charge in [-0.2, -0.15) is 5.10 Å². The number of anilines is 1. The Bertz CT molecular complexity index is 739. The number of hydrogen-bond donors (Lipinski definition) is 2. The topological polar surface area (TPSA) is 79.8 Å². The highest BCUT2D eigenvalue weighted by atomic mass is 16.5. The standard InChI is InChI=1S/C18H19N3O3/c1-3-17(22)20-15-9-7-14(8-10-15)18(23)21-19-12-13-5-4-6-16(11-13)24-2/h4-12H,3H2,1-2H3,(H,20,22)(H,21,23). The van der Waals surface area contributed by atoms with Crippen LogP contribution in [0.4, 0.5) is 5.69 Å². The lowest BCUT2D eigenvalue weighted by Gasteiger charge is -2.05. The maximum absolute atomic E-state index is 12.0. The molecule has 0 spiro atoms. The molecular weight excluding hydrogens is 306 g/mol. The molecule has 0 radical (unpaired) electrons. The number of amides is 2. The van der Waals surface area contributed by atoms with Crippen LogP contribution >= 0.6 is 0 Å². The van der Waals surface area contributed by atoms with Crippen LogP contribution in [0.5, 0.6) is 5.75 Å². The summed E-state index contributed by atoms with van der Waals surface area (Å²) in [5, 5.41) is 6.65. The van der Waals surface area contributed by atoms with E-state index in [4.69, 9.17) is 4.74 Å². The van der Waals surface area contributed by atoms with Gasteiger partial charge < -0.3 is 10.1 Å². The van der Waals surface area contributed by atoms with Crippen molar-refractivity contribution < 1.29 is 14.3 Å². The highest BCUT2D eigenvalue weighted by Gasteiger charge is 2.05. The number of hydrazone groups is 1. The summed E-state index contributed by atoms with van der Waals surface area (Å²) in [4.78, 5) is 23.3. The van der Waals surface area contributed by atoms with Gasteiger partial charge in [-0.3, -0.25) is 9.59 Å². The number of hydrogen-bond acceptors (Lipinski definition) is 4. The summed E-state index contributed by atoms with van der Waals surface area (Å²) in [6, 6.07) is 13.9. The zero-order valence-electron chi connectivity index (χ0n) is 13.6. The Hall–Kier alpha value is -3.15. The van der Waals surface area contributed by atoms with Gasteiger partial charge >= 0.3 is 0 Å². The van der Waals surface area contributed by atoms with Gasteiger partial charge in [0.05, 0.1) is 13.3 Å². The second-order valence-corrected chi connectivity index (χ2v) is 4.95. The molecule has 0 aliphatic rings. The van der Waals surface area contributed by atoms with E-state index < -0.39 is 0 Å². The van der Waals surface area contributed by atoms with Gasteiger partial charge in [0.15, 0.2) is 0 Å². The van der Waals surface area contributed by atoms with Gasteiger partial charge in [-0.05, 0) is 42.0 Å². The summed E-state index contributed by atoms with van der Waals surface area (Å²) < 4.78 is 5.12. The van der Waals surface area contributed by atoms with E-state index in [0.29, 0.717) is 17.7 Å². The van der Waals surface area contributed by atoms with Gasteiger partial charge in [0, 0.05) is 17.7 Å². The molecule has 2 aromatic rings. The van der Waals surface area contributed by atoms with Gasteiger partial charge in [-0.1, -0.05) is 19.1 Å². The van der Waals surface area contributed by atoms with Crippen LogP contribution < -0.4 is 15.5 Å². The molecule has 2 amide bonds. The molecule has 6 heteroatoms. The van der Waals surface area contributed by atoms with Crippen LogP contribution in [0, 0.1) is 0 Å². The Labute approximate surface area is 140 Å². The molecule has 0 aromatic heterocycles. The zero-order valence-corrected chi connectivity index (χ0v) is 13.6. The first kappa shape index (κ1) is 17.2. The van der Waals surface area contributed by atoms with Gasteiger partial charge in [-0.25, -0.2) is 5.43 Å². The first-order valence-corrected chi connectivity index (χ1v) is 7.49. The molecule has 0 unspecified atom stereocenters. The molecule has 2 N–H and O–H groups in total. The Balaban J connectivity index is 1.94. The summed E-state index contributed by atoms with van der Waals surface area (Å²) in [6.07, 6.45) is 1.94. The van der Waals surface area contributed by atoms with Crippen molar-refractivity contribution in [2.24, 2.45) is 5.10 Å². The van der Waals surface area contributed by atoms with E-state index in [2.05, 4.69) is 15.8 Å². The van der Waals surface area contributed by atoms with E-state index in [9.17, 15) is 9.59 Å². The molecule has 0 saturated heterocycles. The van der Waals surface area contributed by atoms with E-state index in [-0.39, 0.29) is 11.8 Å². The second kappa shape index (κ2) is 8.47. The maximum atomic E-state index is 12.0. The Morgan fingerprint density at radius 1 is 1.17 bits per heavy atom. The number of carbonyl (C=O) groups excluding carboxylic acids is 2. The summed E-state index contributed by atoms with van der Waals surface area (Å²) in [6.45, 7) is 1.78. The average molecular weight is 325 g/mol. The number of ether oxygens (including phenoxy) is 1. The number of benzene rings is 2. The van der Waals surface area contributed by atoms with Crippen LogP contribution in [-0.2, 0) is 4.79 Å². The van der Waals surface area contributed by atoms with Crippen molar-refractivity contribution in [3.63, 3.8) is 0 Å². The molecule has 0 atom stereocenters. The van der Waals surface area contributed by atoms with Crippen molar-refractivity contribution in [2.45, 2.75) is 13.3 Å². The first-order chi connectivity index (χ1) is 11.6. The van der Waals surface area contributed by atoms with Crippen molar-refractivity contribution in [1.29, 1.82) is 0 Å². The Morgan fingerprint density at radius 2 is 1.92 bits per heavy atom. The van der Waals surface area contributed by atoms with E-state index in [0.717, 1.165) is 11.3 Å². The zero-order chi connectivity index (χ0) is 17.4. The van der Waals surface area contributed by atoms with E-state index in [1.165, 1.54) is 6.21 Å². The van der Waals surface area contributed by atoms with Crippen LogP contribution in [-0.4, -0.2) is 25.1 Å². The SMILES string of the molecule is CCC(=O)Nc1ccc(C(=O)NN=Cc2cccc(OC)c2)cc1. The van der Waals surface area contributed by atoms with Crippen molar-refractivity contribution in [2.75, 3.05) is 12.4 Å². The highest BCUT2D eigenvalue weighted by molar-refractivity contribution is 5.96. The lowest BCUT2D eigenvalue weighted by atomic mass is 10.2. The van der Waals surface area contributed by atoms with Gasteiger partial charge in [0.25, 0.3) is 5.91 Å². The molecule has 6 nitrogen and oxygen atoms in total. The molecule has 0 heterocycles. The summed E-state index contributed by atoms with van der Waals surface area (Å²) in [5.41, 5.74) is 4.37. The summed E-state index contributed by atoms with van der Waals surface area (Å²) >= 11 is 0. The Kier molecular flexibility index (Phi) is 6.08. The Morgan fingerprint density at radius 3 is 2.58 bits per heavy atom. The lowest BCUT2D eigenvalue weighted by molar-refractivity contribution is -0.115. The molecule has 124 valence electrons. The molecule has 2 aromatic carbocycles. The first-order valence-electron chi connectivity index (χ1n) is 7.49. The predicted octanol–water partition coefficient (Wildman–Crippen LogP) is 2.81. The van der Waals surface area contributed by atoms with E-state index >= 15 is 0 Å². The van der Waals surface area contributed by atoms with Crippen molar-refractivity contribution >= 4 is 23.7 Å². The van der Waals surface area contributed by atoms with Crippen molar-refractivity contribution in [1.82, 2.24) is 5.43 Å². The molecule has 2 rings (SSSR count). The van der Waals surface area contributed by atoms with Gasteiger partial charge in [0.1, 0.15) is 5.75 Å². The summed E-state index contributed by atoms with van der Waals surface area (Å²) in [7, 11) is 1.59. The van der Waals surface area contributed by atoms with Crippen molar-refractivity contribution in [3.8, 4) is 5.75 Å². The van der Waals surface area contributed by atoms with Crippen LogP contribution in [0.3, 0.4) is 0 Å².